The first-order valence-electron chi connectivity index (χ1n) is 10.2. The second-order valence-corrected chi connectivity index (χ2v) is 9.95. The van der Waals surface area contributed by atoms with E-state index in [4.69, 9.17) is 9.72 Å². The minimum absolute atomic E-state index is 0.332. The highest BCUT2D eigenvalue weighted by Gasteiger charge is 2.42. The fourth-order valence-electron chi connectivity index (χ4n) is 4.31. The number of H-pyrrole nitrogens is 1. The summed E-state index contributed by atoms with van der Waals surface area (Å²) >= 11 is 3.56. The second-order valence-electron chi connectivity index (χ2n) is 9.03. The van der Waals surface area contributed by atoms with Gasteiger partial charge in [0.25, 0.3) is 0 Å². The number of fused-ring (bicyclic) bond motifs is 3. The number of nitrogens with one attached hydrogen (secondary N) is 2. The monoisotopic (exact) mass is 445 g/mol. The number of ether oxygens (including phenoxy) is 1. The van der Waals surface area contributed by atoms with Crippen LogP contribution in [0.4, 0.5) is 4.79 Å². The van der Waals surface area contributed by atoms with Crippen LogP contribution in [0.1, 0.15) is 70.0 Å². The number of aromatic amines is 1. The van der Waals surface area contributed by atoms with E-state index < -0.39 is 5.60 Å². The number of rotatable bonds is 2. The maximum Gasteiger partial charge on any atom is 0.408 e. The van der Waals surface area contributed by atoms with Crippen LogP contribution in [0.3, 0.4) is 0 Å². The molecule has 0 bridgehead atoms. The van der Waals surface area contributed by atoms with Crippen molar-refractivity contribution in [3.8, 4) is 11.3 Å². The summed E-state index contributed by atoms with van der Waals surface area (Å²) in [6.45, 7) is 5.88. The highest BCUT2D eigenvalue weighted by Crippen LogP contribution is 2.42. The maximum atomic E-state index is 12.6. The average molecular weight is 446 g/mol. The lowest BCUT2D eigenvalue weighted by Crippen LogP contribution is -2.46. The number of benzene rings is 1. The van der Waals surface area contributed by atoms with Crippen molar-refractivity contribution in [3.63, 3.8) is 0 Å². The Hall–Kier alpha value is -1.82. The smallest absolute Gasteiger partial charge is 0.408 e. The van der Waals surface area contributed by atoms with Gasteiger partial charge in [-0.3, -0.25) is 0 Å². The lowest BCUT2D eigenvalue weighted by atomic mass is 9.84. The first kappa shape index (κ1) is 19.5. The summed E-state index contributed by atoms with van der Waals surface area (Å²) in [6, 6.07) is 6.37. The molecule has 4 rings (SSSR count). The van der Waals surface area contributed by atoms with Crippen LogP contribution in [-0.4, -0.2) is 21.6 Å². The Morgan fingerprint density at radius 2 is 1.96 bits per heavy atom. The van der Waals surface area contributed by atoms with E-state index in [0.717, 1.165) is 60.2 Å². The Kier molecular flexibility index (Phi) is 5.02. The molecular formula is C22H28BrN3O2. The predicted octanol–water partition coefficient (Wildman–Crippen LogP) is 5.62. The number of aryl methyl sites for hydroxylation is 2. The maximum absolute atomic E-state index is 12.6. The third-order valence-electron chi connectivity index (χ3n) is 5.60. The van der Waals surface area contributed by atoms with Gasteiger partial charge in [0.2, 0.25) is 0 Å². The van der Waals surface area contributed by atoms with Gasteiger partial charge in [-0.05, 0) is 77.0 Å². The first-order chi connectivity index (χ1) is 13.3. The number of aromatic nitrogens is 2. The SMILES string of the molecule is CC(C)(C)NC(=O)OC1(c2nc3c([nH]2)CCc2cc(Br)ccc2-3)CCCCC1. The van der Waals surface area contributed by atoms with Crippen LogP contribution >= 0.6 is 15.9 Å². The van der Waals surface area contributed by atoms with E-state index in [9.17, 15) is 4.79 Å². The fraction of sp³-hybridized carbons (Fsp3) is 0.545. The number of halogens is 1. The molecule has 1 amide bonds. The van der Waals surface area contributed by atoms with Gasteiger partial charge in [0.05, 0.1) is 5.69 Å². The highest BCUT2D eigenvalue weighted by molar-refractivity contribution is 9.10. The summed E-state index contributed by atoms with van der Waals surface area (Å²) in [6.07, 6.45) is 6.42. The van der Waals surface area contributed by atoms with Crippen molar-refractivity contribution < 1.29 is 9.53 Å². The van der Waals surface area contributed by atoms with E-state index in [0.29, 0.717) is 0 Å². The van der Waals surface area contributed by atoms with Gasteiger partial charge in [-0.2, -0.15) is 0 Å². The number of carbonyl (C=O) groups excluding carboxylic acids is 1. The number of hydrogen-bond donors (Lipinski definition) is 2. The van der Waals surface area contributed by atoms with Crippen molar-refractivity contribution in [1.82, 2.24) is 15.3 Å². The molecule has 1 aromatic heterocycles. The summed E-state index contributed by atoms with van der Waals surface area (Å²) in [7, 11) is 0. The van der Waals surface area contributed by atoms with Crippen molar-refractivity contribution in [2.45, 2.75) is 76.9 Å². The van der Waals surface area contributed by atoms with E-state index in [1.165, 1.54) is 17.5 Å². The number of amides is 1. The van der Waals surface area contributed by atoms with Gasteiger partial charge in [-0.1, -0.05) is 28.4 Å². The normalized spacial score (nSPS) is 18.1. The Bertz CT molecular complexity index is 892. The molecule has 2 aromatic rings. The van der Waals surface area contributed by atoms with Gasteiger partial charge in [-0.15, -0.1) is 0 Å². The van der Waals surface area contributed by atoms with Crippen LogP contribution < -0.4 is 5.32 Å². The Balaban J connectivity index is 1.69. The van der Waals surface area contributed by atoms with Crippen LogP contribution in [0, 0.1) is 0 Å². The zero-order chi connectivity index (χ0) is 19.9. The number of alkyl carbamates (subject to hydrolysis) is 1. The van der Waals surface area contributed by atoms with Gasteiger partial charge in [0, 0.05) is 21.3 Å². The van der Waals surface area contributed by atoms with E-state index >= 15 is 0 Å². The molecule has 2 aliphatic rings. The number of imidazole rings is 1. The zero-order valence-electron chi connectivity index (χ0n) is 16.8. The van der Waals surface area contributed by atoms with E-state index in [1.807, 2.05) is 20.8 Å². The average Bonchev–Trinajstić information content (AvgIpc) is 3.06. The van der Waals surface area contributed by atoms with Crippen LogP contribution in [0.5, 0.6) is 0 Å². The van der Waals surface area contributed by atoms with Gasteiger partial charge < -0.3 is 15.0 Å². The van der Waals surface area contributed by atoms with Crippen LogP contribution in [0.2, 0.25) is 0 Å². The molecule has 1 aromatic carbocycles. The molecule has 6 heteroatoms. The summed E-state index contributed by atoms with van der Waals surface area (Å²) in [5.41, 5.74) is 3.64. The molecule has 1 fully saturated rings. The minimum atomic E-state index is -0.666. The van der Waals surface area contributed by atoms with Gasteiger partial charge in [0.15, 0.2) is 11.4 Å². The number of hydrogen-bond acceptors (Lipinski definition) is 3. The van der Waals surface area contributed by atoms with Crippen molar-refractivity contribution in [2.24, 2.45) is 0 Å². The molecule has 28 heavy (non-hydrogen) atoms. The number of carbonyl (C=O) groups is 1. The zero-order valence-corrected chi connectivity index (χ0v) is 18.4. The number of nitrogens with zero attached hydrogens (tertiary/aromatic N) is 1. The molecule has 2 aliphatic carbocycles. The molecule has 150 valence electrons. The topological polar surface area (TPSA) is 67.0 Å². The first-order valence-corrected chi connectivity index (χ1v) is 10.9. The van der Waals surface area contributed by atoms with Crippen molar-refractivity contribution in [3.05, 3.63) is 39.8 Å². The largest absolute Gasteiger partial charge is 0.435 e. The molecule has 1 heterocycles. The predicted molar refractivity (Wildman–Crippen MR) is 113 cm³/mol. The Morgan fingerprint density at radius 3 is 2.68 bits per heavy atom. The third-order valence-corrected chi connectivity index (χ3v) is 6.10. The summed E-state index contributed by atoms with van der Waals surface area (Å²) in [4.78, 5) is 21.1. The fourth-order valence-corrected chi connectivity index (χ4v) is 4.72. The van der Waals surface area contributed by atoms with Crippen molar-refractivity contribution >= 4 is 22.0 Å². The van der Waals surface area contributed by atoms with Gasteiger partial charge in [0.1, 0.15) is 0 Å². The second kappa shape index (κ2) is 7.21. The van der Waals surface area contributed by atoms with Crippen LogP contribution in [0.15, 0.2) is 22.7 Å². The van der Waals surface area contributed by atoms with Crippen molar-refractivity contribution in [1.29, 1.82) is 0 Å². The molecule has 0 aliphatic heterocycles. The lowest BCUT2D eigenvalue weighted by molar-refractivity contribution is -0.0297. The molecule has 1 saturated carbocycles. The summed E-state index contributed by atoms with van der Waals surface area (Å²) in [5.74, 6) is 0.803. The van der Waals surface area contributed by atoms with Crippen molar-refractivity contribution in [2.75, 3.05) is 0 Å². The molecule has 0 spiro atoms. The van der Waals surface area contributed by atoms with Crippen LogP contribution in [-0.2, 0) is 23.2 Å². The molecular weight excluding hydrogens is 418 g/mol. The van der Waals surface area contributed by atoms with Gasteiger partial charge in [-0.25, -0.2) is 9.78 Å². The summed E-state index contributed by atoms with van der Waals surface area (Å²) < 4.78 is 7.17. The lowest BCUT2D eigenvalue weighted by Gasteiger charge is -2.36. The Labute approximate surface area is 174 Å². The van der Waals surface area contributed by atoms with E-state index in [1.54, 1.807) is 0 Å². The molecule has 0 saturated heterocycles. The standard InChI is InChI=1S/C22H28BrN3O2/c1-21(2,3)26-20(27)28-22(11-5-4-6-12-22)19-24-17-10-7-14-13-15(23)8-9-16(14)18(17)25-19/h8-9,13H,4-7,10-12H2,1-3H3,(H,24,25)(H,26,27). The van der Waals surface area contributed by atoms with Crippen LogP contribution in [0.25, 0.3) is 11.3 Å². The molecule has 0 radical (unpaired) electrons. The molecule has 0 unspecified atom stereocenters. The highest BCUT2D eigenvalue weighted by atomic mass is 79.9. The Morgan fingerprint density at radius 1 is 1.21 bits per heavy atom. The van der Waals surface area contributed by atoms with Gasteiger partial charge >= 0.3 is 6.09 Å². The third kappa shape index (κ3) is 3.84. The summed E-state index contributed by atoms with van der Waals surface area (Å²) in [5, 5.41) is 2.94. The molecule has 5 nitrogen and oxygen atoms in total. The molecule has 2 N–H and O–H groups in total. The van der Waals surface area contributed by atoms with E-state index in [2.05, 4.69) is 44.4 Å². The quantitative estimate of drug-likeness (QED) is 0.629. The molecule has 0 atom stereocenters. The minimum Gasteiger partial charge on any atom is -0.435 e. The van der Waals surface area contributed by atoms with E-state index in [-0.39, 0.29) is 11.6 Å².